The van der Waals surface area contributed by atoms with Crippen LogP contribution in [0.25, 0.3) is 10.4 Å². The first-order chi connectivity index (χ1) is 19.0. The van der Waals surface area contributed by atoms with Crippen LogP contribution in [0.3, 0.4) is 0 Å². The highest BCUT2D eigenvalue weighted by Crippen LogP contribution is 2.46. The third-order valence-corrected chi connectivity index (χ3v) is 8.96. The Bertz CT molecular complexity index is 1410. The van der Waals surface area contributed by atoms with E-state index in [9.17, 15) is 19.5 Å². The van der Waals surface area contributed by atoms with E-state index in [1.807, 2.05) is 49.9 Å². The highest BCUT2D eigenvalue weighted by atomic mass is 79.9. The summed E-state index contributed by atoms with van der Waals surface area (Å²) in [4.78, 5) is 37.9. The zero-order chi connectivity index (χ0) is 29.0. The van der Waals surface area contributed by atoms with Gasteiger partial charge in [-0.1, -0.05) is 29.8 Å². The third-order valence-electron chi connectivity index (χ3n) is 6.74. The number of ether oxygens (including phenoxy) is 2. The summed E-state index contributed by atoms with van der Waals surface area (Å²) in [6.07, 6.45) is 1.64. The number of rotatable bonds is 9. The Morgan fingerprint density at radius 2 is 1.73 bits per heavy atom. The molecule has 11 heteroatoms. The molecule has 0 saturated carbocycles. The number of likely N-dealkylation sites (tertiary alicyclic amines) is 1. The van der Waals surface area contributed by atoms with Crippen LogP contribution in [0.1, 0.15) is 39.2 Å². The van der Waals surface area contributed by atoms with Gasteiger partial charge in [0.15, 0.2) is 17.2 Å². The number of carboxylic acid groups (broad SMARTS) is 2. The van der Waals surface area contributed by atoms with Gasteiger partial charge in [-0.05, 0) is 84.3 Å². The maximum Gasteiger partial charge on any atom is 0.349 e. The number of benzene rings is 2. The molecule has 1 aliphatic heterocycles. The fraction of sp³-hybridized carbons (Fsp3) is 0.345. The lowest BCUT2D eigenvalue weighted by atomic mass is 9.98. The molecule has 0 bridgehead atoms. The number of anilines is 1. The minimum atomic E-state index is -1.20. The molecular weight excluding hydrogens is 600 g/mol. The molecule has 0 spiro atoms. The lowest BCUT2D eigenvalue weighted by Gasteiger charge is -2.32. The number of aromatic carboxylic acids is 1. The minimum absolute atomic E-state index is 0.00952. The van der Waals surface area contributed by atoms with Gasteiger partial charge in [0, 0.05) is 18.8 Å². The van der Waals surface area contributed by atoms with Crippen molar-refractivity contribution in [3.8, 4) is 21.9 Å². The molecule has 0 aliphatic carbocycles. The van der Waals surface area contributed by atoms with E-state index >= 15 is 0 Å². The quantitative estimate of drug-likeness (QED) is 0.243. The Labute approximate surface area is 244 Å². The predicted molar refractivity (Wildman–Crippen MR) is 157 cm³/mol. The van der Waals surface area contributed by atoms with Crippen molar-refractivity contribution in [1.82, 2.24) is 4.90 Å². The van der Waals surface area contributed by atoms with Gasteiger partial charge in [-0.15, -0.1) is 11.3 Å². The lowest BCUT2D eigenvalue weighted by molar-refractivity contribution is -0.139. The van der Waals surface area contributed by atoms with E-state index in [4.69, 9.17) is 14.6 Å². The van der Waals surface area contributed by atoms with Gasteiger partial charge >= 0.3 is 18.0 Å². The van der Waals surface area contributed by atoms with Crippen LogP contribution in [-0.2, 0) is 4.79 Å². The van der Waals surface area contributed by atoms with Crippen molar-refractivity contribution in [2.75, 3.05) is 31.6 Å². The topological polar surface area (TPSA) is 125 Å². The zero-order valence-electron chi connectivity index (χ0n) is 22.5. The van der Waals surface area contributed by atoms with Gasteiger partial charge in [0.25, 0.3) is 0 Å². The van der Waals surface area contributed by atoms with Crippen LogP contribution in [0.15, 0.2) is 40.9 Å². The summed E-state index contributed by atoms with van der Waals surface area (Å²) in [7, 11) is 0. The highest BCUT2D eigenvalue weighted by molar-refractivity contribution is 9.10. The molecule has 2 amide bonds. The zero-order valence-corrected chi connectivity index (χ0v) is 24.9. The molecule has 0 radical (unpaired) electrons. The van der Waals surface area contributed by atoms with Crippen molar-refractivity contribution in [2.45, 2.75) is 33.6 Å². The van der Waals surface area contributed by atoms with E-state index in [0.717, 1.165) is 46.6 Å². The molecule has 1 aromatic heterocycles. The molecule has 212 valence electrons. The summed E-state index contributed by atoms with van der Waals surface area (Å²) in [5, 5.41) is 21.6. The number of nitrogens with one attached hydrogen (secondary N) is 1. The van der Waals surface area contributed by atoms with Gasteiger partial charge in [-0.3, -0.25) is 0 Å². The van der Waals surface area contributed by atoms with Crippen LogP contribution in [0.5, 0.6) is 11.5 Å². The van der Waals surface area contributed by atoms with Crippen molar-refractivity contribution in [1.29, 1.82) is 0 Å². The largest absolute Gasteiger partial charge is 0.493 e. The highest BCUT2D eigenvalue weighted by Gasteiger charge is 2.26. The number of amides is 2. The van der Waals surface area contributed by atoms with Gasteiger partial charge < -0.3 is 29.9 Å². The van der Waals surface area contributed by atoms with Gasteiger partial charge in [0.05, 0.1) is 16.0 Å². The van der Waals surface area contributed by atoms with Crippen LogP contribution in [-0.4, -0.2) is 59.4 Å². The molecule has 2 heterocycles. The van der Waals surface area contributed by atoms with Gasteiger partial charge in [-0.2, -0.15) is 0 Å². The summed E-state index contributed by atoms with van der Waals surface area (Å²) in [6.45, 7) is 7.18. The SMILES string of the molecule is Cc1cc(C)c(NC(=O)N2CCC(COc3cccc(-c4sc(C(=O)O)c(OCC(=O)O)c4Br)c3)CC2)c(C)c1. The van der Waals surface area contributed by atoms with Gasteiger partial charge in [-0.25, -0.2) is 14.4 Å². The van der Waals surface area contributed by atoms with E-state index in [1.54, 1.807) is 0 Å². The maximum absolute atomic E-state index is 12.9. The molecule has 3 N–H and O–H groups in total. The number of carbonyl (C=O) groups is 3. The number of urea groups is 1. The van der Waals surface area contributed by atoms with Crippen LogP contribution in [0.4, 0.5) is 10.5 Å². The molecule has 2 aromatic carbocycles. The average molecular weight is 632 g/mol. The van der Waals surface area contributed by atoms with E-state index < -0.39 is 18.5 Å². The van der Waals surface area contributed by atoms with Crippen molar-refractivity contribution in [3.63, 3.8) is 0 Å². The molecule has 1 fully saturated rings. The van der Waals surface area contributed by atoms with E-state index in [1.165, 1.54) is 5.56 Å². The first kappa shape index (κ1) is 29.4. The van der Waals surface area contributed by atoms with Crippen LogP contribution in [0.2, 0.25) is 0 Å². The number of hydrogen-bond acceptors (Lipinski definition) is 6. The Morgan fingerprint density at radius 3 is 2.35 bits per heavy atom. The number of carboxylic acids is 2. The summed E-state index contributed by atoms with van der Waals surface area (Å²) in [6, 6.07) is 11.3. The Morgan fingerprint density at radius 1 is 1.05 bits per heavy atom. The number of hydrogen-bond donors (Lipinski definition) is 3. The fourth-order valence-corrected chi connectivity index (χ4v) is 6.68. The average Bonchev–Trinajstić information content (AvgIpc) is 3.25. The Balaban J connectivity index is 1.35. The van der Waals surface area contributed by atoms with Crippen LogP contribution < -0.4 is 14.8 Å². The first-order valence-corrected chi connectivity index (χ1v) is 14.4. The number of aryl methyl sites for hydroxylation is 3. The van der Waals surface area contributed by atoms with Crippen molar-refractivity contribution < 1.29 is 34.1 Å². The second-order valence-corrected chi connectivity index (χ2v) is 11.7. The molecule has 0 unspecified atom stereocenters. The van der Waals surface area contributed by atoms with Gasteiger partial charge in [0.2, 0.25) is 0 Å². The smallest absolute Gasteiger partial charge is 0.349 e. The third kappa shape index (κ3) is 6.95. The Hall–Kier alpha value is -3.57. The molecule has 0 atom stereocenters. The lowest BCUT2D eigenvalue weighted by Crippen LogP contribution is -2.42. The molecule has 9 nitrogen and oxygen atoms in total. The van der Waals surface area contributed by atoms with E-state index in [2.05, 4.69) is 33.4 Å². The van der Waals surface area contributed by atoms with Crippen molar-refractivity contribution in [3.05, 3.63) is 62.4 Å². The first-order valence-electron chi connectivity index (χ1n) is 12.8. The van der Waals surface area contributed by atoms with Crippen molar-refractivity contribution >= 4 is 50.9 Å². The summed E-state index contributed by atoms with van der Waals surface area (Å²) in [5.74, 6) is -1.49. The summed E-state index contributed by atoms with van der Waals surface area (Å²) < 4.78 is 11.7. The second kappa shape index (κ2) is 12.7. The minimum Gasteiger partial charge on any atom is -0.493 e. The van der Waals surface area contributed by atoms with Crippen LogP contribution in [0, 0.1) is 26.7 Å². The number of carbonyl (C=O) groups excluding carboxylic acids is 1. The molecule has 4 rings (SSSR count). The number of thiophene rings is 1. The van der Waals surface area contributed by atoms with Crippen LogP contribution >= 0.6 is 27.3 Å². The number of piperidine rings is 1. The van der Waals surface area contributed by atoms with Crippen molar-refractivity contribution in [2.24, 2.45) is 5.92 Å². The monoisotopic (exact) mass is 630 g/mol. The van der Waals surface area contributed by atoms with Gasteiger partial charge in [0.1, 0.15) is 5.75 Å². The fourth-order valence-electron chi connectivity index (χ4n) is 4.79. The number of aliphatic carboxylic acids is 1. The Kier molecular flexibility index (Phi) is 9.36. The number of nitrogens with zero attached hydrogens (tertiary/aromatic N) is 1. The molecule has 40 heavy (non-hydrogen) atoms. The standard InChI is InChI=1S/C29H31BrN2O7S/c1-16-11-17(2)24(18(3)12-16)31-29(37)32-9-7-19(8-10-32)14-38-21-6-4-5-20(13-21)26-23(30)25(39-15-22(33)34)27(40-26)28(35)36/h4-6,11-13,19H,7-10,14-15H2,1-3H3,(H,31,37)(H,33,34)(H,35,36). The predicted octanol–water partition coefficient (Wildman–Crippen LogP) is 6.59. The van der Waals surface area contributed by atoms with E-state index in [0.29, 0.717) is 40.7 Å². The molecule has 1 aliphatic rings. The molecular formula is C29H31BrN2O7S. The maximum atomic E-state index is 12.9. The normalized spacial score (nSPS) is 13.7. The number of halogens is 1. The second-order valence-electron chi connectivity index (χ2n) is 9.86. The molecule has 3 aromatic rings. The summed E-state index contributed by atoms with van der Waals surface area (Å²) >= 11 is 4.38. The summed E-state index contributed by atoms with van der Waals surface area (Å²) in [5.41, 5.74) is 4.86. The van der Waals surface area contributed by atoms with E-state index in [-0.39, 0.29) is 16.7 Å². The molecule has 1 saturated heterocycles.